The van der Waals surface area contributed by atoms with Gasteiger partial charge in [-0.05, 0) is 30.7 Å². The van der Waals surface area contributed by atoms with E-state index < -0.39 is 5.97 Å². The van der Waals surface area contributed by atoms with E-state index in [1.807, 2.05) is 31.2 Å². The predicted molar refractivity (Wildman–Crippen MR) is 67.9 cm³/mol. The molecule has 0 saturated heterocycles. The highest BCUT2D eigenvalue weighted by atomic mass is 16.5. The van der Waals surface area contributed by atoms with Crippen LogP contribution >= 0.6 is 0 Å². The van der Waals surface area contributed by atoms with Gasteiger partial charge in [-0.3, -0.25) is 4.98 Å². The SMILES string of the molecule is COc1cccc(-c2ncc(C(=O)O)cc2C)c1. The van der Waals surface area contributed by atoms with Gasteiger partial charge < -0.3 is 9.84 Å². The molecule has 0 aliphatic heterocycles. The fraction of sp³-hybridized carbons (Fsp3) is 0.143. The van der Waals surface area contributed by atoms with Crippen molar-refractivity contribution in [2.45, 2.75) is 6.92 Å². The molecule has 2 rings (SSSR count). The summed E-state index contributed by atoms with van der Waals surface area (Å²) in [4.78, 5) is 15.1. The summed E-state index contributed by atoms with van der Waals surface area (Å²) < 4.78 is 5.16. The van der Waals surface area contributed by atoms with Crippen molar-refractivity contribution in [3.05, 3.63) is 47.7 Å². The Morgan fingerprint density at radius 1 is 1.33 bits per heavy atom. The Bertz CT molecular complexity index is 593. The minimum Gasteiger partial charge on any atom is -0.497 e. The maximum absolute atomic E-state index is 10.8. The Morgan fingerprint density at radius 2 is 2.11 bits per heavy atom. The number of nitrogens with zero attached hydrogens (tertiary/aromatic N) is 1. The molecule has 92 valence electrons. The first-order valence-electron chi connectivity index (χ1n) is 5.46. The number of aromatic nitrogens is 1. The average molecular weight is 243 g/mol. The molecular weight excluding hydrogens is 230 g/mol. The summed E-state index contributed by atoms with van der Waals surface area (Å²) in [5.74, 6) is -0.223. The maximum atomic E-state index is 10.8. The zero-order valence-electron chi connectivity index (χ0n) is 10.2. The molecule has 1 N–H and O–H groups in total. The van der Waals surface area contributed by atoms with Crippen LogP contribution in [0.1, 0.15) is 15.9 Å². The first kappa shape index (κ1) is 12.1. The molecule has 0 saturated carbocycles. The topological polar surface area (TPSA) is 59.4 Å². The smallest absolute Gasteiger partial charge is 0.337 e. The molecule has 0 aliphatic carbocycles. The third-order valence-corrected chi connectivity index (χ3v) is 2.67. The lowest BCUT2D eigenvalue weighted by Gasteiger charge is -2.07. The van der Waals surface area contributed by atoms with Crippen LogP contribution in [0.4, 0.5) is 0 Å². The Balaban J connectivity index is 2.47. The minimum absolute atomic E-state index is 0.194. The van der Waals surface area contributed by atoms with Gasteiger partial charge in [-0.2, -0.15) is 0 Å². The quantitative estimate of drug-likeness (QED) is 0.900. The number of aromatic carboxylic acids is 1. The van der Waals surface area contributed by atoms with E-state index in [2.05, 4.69) is 4.98 Å². The second-order valence-electron chi connectivity index (χ2n) is 3.93. The van der Waals surface area contributed by atoms with Crippen LogP contribution in [0.25, 0.3) is 11.3 Å². The van der Waals surface area contributed by atoms with E-state index in [1.165, 1.54) is 6.20 Å². The number of carboxylic acid groups (broad SMARTS) is 1. The number of pyridine rings is 1. The molecular formula is C14H13NO3. The van der Waals surface area contributed by atoms with E-state index in [0.29, 0.717) is 0 Å². The number of carboxylic acids is 1. The molecule has 2 aromatic rings. The zero-order valence-corrected chi connectivity index (χ0v) is 10.2. The van der Waals surface area contributed by atoms with Crippen LogP contribution in [0.2, 0.25) is 0 Å². The van der Waals surface area contributed by atoms with E-state index in [4.69, 9.17) is 9.84 Å². The summed E-state index contributed by atoms with van der Waals surface area (Å²) in [5, 5.41) is 8.89. The van der Waals surface area contributed by atoms with Crippen molar-refractivity contribution in [3.63, 3.8) is 0 Å². The van der Waals surface area contributed by atoms with Crippen molar-refractivity contribution < 1.29 is 14.6 Å². The highest BCUT2D eigenvalue weighted by Crippen LogP contribution is 2.25. The number of carbonyl (C=O) groups is 1. The van der Waals surface area contributed by atoms with Crippen LogP contribution in [0.15, 0.2) is 36.5 Å². The van der Waals surface area contributed by atoms with Crippen molar-refractivity contribution in [3.8, 4) is 17.0 Å². The molecule has 0 fully saturated rings. The van der Waals surface area contributed by atoms with E-state index in [9.17, 15) is 4.79 Å². The lowest BCUT2D eigenvalue weighted by atomic mass is 10.1. The maximum Gasteiger partial charge on any atom is 0.337 e. The zero-order chi connectivity index (χ0) is 13.1. The van der Waals surface area contributed by atoms with Crippen LogP contribution in [-0.4, -0.2) is 23.2 Å². The molecule has 0 spiro atoms. The van der Waals surface area contributed by atoms with Gasteiger partial charge in [0.05, 0.1) is 18.4 Å². The van der Waals surface area contributed by atoms with Crippen LogP contribution < -0.4 is 4.74 Å². The minimum atomic E-state index is -0.970. The van der Waals surface area contributed by atoms with Gasteiger partial charge in [0.1, 0.15) is 5.75 Å². The van der Waals surface area contributed by atoms with Crippen LogP contribution in [0.3, 0.4) is 0 Å². The molecule has 0 atom stereocenters. The summed E-state index contributed by atoms with van der Waals surface area (Å²) in [6.45, 7) is 1.84. The Labute approximate surface area is 105 Å². The Morgan fingerprint density at radius 3 is 2.72 bits per heavy atom. The molecule has 0 amide bonds. The van der Waals surface area contributed by atoms with Crippen molar-refractivity contribution in [2.75, 3.05) is 7.11 Å². The lowest BCUT2D eigenvalue weighted by Crippen LogP contribution is -1.99. The number of hydrogen-bond acceptors (Lipinski definition) is 3. The fourth-order valence-electron chi connectivity index (χ4n) is 1.76. The van der Waals surface area contributed by atoms with Crippen molar-refractivity contribution in [1.82, 2.24) is 4.98 Å². The summed E-state index contributed by atoms with van der Waals surface area (Å²) >= 11 is 0. The monoisotopic (exact) mass is 243 g/mol. The predicted octanol–water partition coefficient (Wildman–Crippen LogP) is 2.76. The molecule has 18 heavy (non-hydrogen) atoms. The van der Waals surface area contributed by atoms with E-state index in [0.717, 1.165) is 22.6 Å². The van der Waals surface area contributed by atoms with Gasteiger partial charge in [-0.1, -0.05) is 12.1 Å². The number of benzene rings is 1. The van der Waals surface area contributed by atoms with Gasteiger partial charge in [0.15, 0.2) is 0 Å². The molecule has 4 nitrogen and oxygen atoms in total. The highest BCUT2D eigenvalue weighted by Gasteiger charge is 2.09. The molecule has 0 bridgehead atoms. The molecule has 0 aliphatic rings. The number of ether oxygens (including phenoxy) is 1. The van der Waals surface area contributed by atoms with Crippen LogP contribution in [0, 0.1) is 6.92 Å². The van der Waals surface area contributed by atoms with Crippen LogP contribution in [-0.2, 0) is 0 Å². The molecule has 1 aromatic carbocycles. The van der Waals surface area contributed by atoms with Crippen molar-refractivity contribution in [2.24, 2.45) is 0 Å². The van der Waals surface area contributed by atoms with Gasteiger partial charge in [-0.15, -0.1) is 0 Å². The number of rotatable bonds is 3. The van der Waals surface area contributed by atoms with Gasteiger partial charge in [0, 0.05) is 11.8 Å². The van der Waals surface area contributed by atoms with E-state index >= 15 is 0 Å². The standard InChI is InChI=1S/C14H13NO3/c1-9-6-11(14(16)17)8-15-13(9)10-4-3-5-12(7-10)18-2/h3-8H,1-2H3,(H,16,17). The molecule has 0 unspecified atom stereocenters. The van der Waals surface area contributed by atoms with Gasteiger partial charge in [0.25, 0.3) is 0 Å². The second-order valence-corrected chi connectivity index (χ2v) is 3.93. The summed E-state index contributed by atoms with van der Waals surface area (Å²) in [7, 11) is 1.60. The Hall–Kier alpha value is -2.36. The third-order valence-electron chi connectivity index (χ3n) is 2.67. The number of methoxy groups -OCH3 is 1. The molecule has 0 radical (unpaired) electrons. The summed E-state index contributed by atoms with van der Waals surface area (Å²) in [6.07, 6.45) is 1.37. The normalized spacial score (nSPS) is 10.1. The summed E-state index contributed by atoms with van der Waals surface area (Å²) in [6, 6.07) is 9.13. The van der Waals surface area contributed by atoms with Crippen molar-refractivity contribution >= 4 is 5.97 Å². The first-order valence-corrected chi connectivity index (χ1v) is 5.46. The number of hydrogen-bond donors (Lipinski definition) is 1. The van der Waals surface area contributed by atoms with E-state index in [1.54, 1.807) is 13.2 Å². The second kappa shape index (κ2) is 4.87. The summed E-state index contributed by atoms with van der Waals surface area (Å²) in [5.41, 5.74) is 2.69. The van der Waals surface area contributed by atoms with Gasteiger partial charge in [0.2, 0.25) is 0 Å². The number of aryl methyl sites for hydroxylation is 1. The molecule has 1 aromatic heterocycles. The Kier molecular flexibility index (Phi) is 3.28. The largest absolute Gasteiger partial charge is 0.497 e. The van der Waals surface area contributed by atoms with Crippen LogP contribution in [0.5, 0.6) is 5.75 Å². The highest BCUT2D eigenvalue weighted by molar-refractivity contribution is 5.88. The molecule has 4 heteroatoms. The fourth-order valence-corrected chi connectivity index (χ4v) is 1.76. The average Bonchev–Trinajstić information content (AvgIpc) is 2.38. The third kappa shape index (κ3) is 2.32. The van der Waals surface area contributed by atoms with E-state index in [-0.39, 0.29) is 5.56 Å². The lowest BCUT2D eigenvalue weighted by molar-refractivity contribution is 0.0696. The van der Waals surface area contributed by atoms with Gasteiger partial charge >= 0.3 is 5.97 Å². The molecule has 1 heterocycles. The van der Waals surface area contributed by atoms with Crippen molar-refractivity contribution in [1.29, 1.82) is 0 Å². The van der Waals surface area contributed by atoms with Gasteiger partial charge in [-0.25, -0.2) is 4.79 Å². The first-order chi connectivity index (χ1) is 8.61.